The minimum atomic E-state index is 0.137. The Morgan fingerprint density at radius 3 is 2.30 bits per heavy atom. The number of aromatic nitrogens is 3. The predicted octanol–water partition coefficient (Wildman–Crippen LogP) is 3.27. The third-order valence-electron chi connectivity index (χ3n) is 4.51. The number of benzene rings is 1. The molecule has 1 aromatic heterocycles. The molecule has 2 saturated heterocycles. The van der Waals surface area contributed by atoms with Gasteiger partial charge in [-0.2, -0.15) is 20.2 Å². The Bertz CT molecular complexity index is 749. The molecule has 0 unspecified atom stereocenters. The highest BCUT2D eigenvalue weighted by molar-refractivity contribution is 6.30. The minimum absolute atomic E-state index is 0.137. The molecular formula is C16H15ClN6. The number of nitrogens with zero attached hydrogens (tertiary/aromatic N) is 5. The van der Waals surface area contributed by atoms with Crippen molar-refractivity contribution in [3.8, 4) is 6.07 Å². The zero-order valence-corrected chi connectivity index (χ0v) is 13.2. The van der Waals surface area contributed by atoms with Gasteiger partial charge in [0.2, 0.25) is 17.7 Å². The molecule has 6 nitrogen and oxygen atoms in total. The van der Waals surface area contributed by atoms with Gasteiger partial charge < -0.3 is 10.2 Å². The summed E-state index contributed by atoms with van der Waals surface area (Å²) in [6.07, 6.45) is 4.72. The Labute approximate surface area is 139 Å². The van der Waals surface area contributed by atoms with Crippen LogP contribution in [0.3, 0.4) is 0 Å². The van der Waals surface area contributed by atoms with Gasteiger partial charge >= 0.3 is 0 Å². The van der Waals surface area contributed by atoms with E-state index in [-0.39, 0.29) is 5.82 Å². The van der Waals surface area contributed by atoms with E-state index in [0.717, 1.165) is 5.69 Å². The summed E-state index contributed by atoms with van der Waals surface area (Å²) in [5, 5.41) is 13.0. The molecule has 2 bridgehead atoms. The maximum Gasteiger partial charge on any atom is 0.238 e. The second kappa shape index (κ2) is 5.67. The van der Waals surface area contributed by atoms with Crippen LogP contribution < -0.4 is 10.2 Å². The first kappa shape index (κ1) is 14.2. The Kier molecular flexibility index (Phi) is 3.50. The Balaban J connectivity index is 1.66. The monoisotopic (exact) mass is 326 g/mol. The van der Waals surface area contributed by atoms with Gasteiger partial charge in [0.25, 0.3) is 0 Å². The van der Waals surface area contributed by atoms with Crippen molar-refractivity contribution in [2.75, 3.05) is 10.2 Å². The van der Waals surface area contributed by atoms with Crippen LogP contribution in [0.25, 0.3) is 0 Å². The van der Waals surface area contributed by atoms with Gasteiger partial charge in [-0.15, -0.1) is 0 Å². The quantitative estimate of drug-likeness (QED) is 0.932. The lowest BCUT2D eigenvalue weighted by molar-refractivity contribution is 0.576. The highest BCUT2D eigenvalue weighted by Gasteiger charge is 2.41. The van der Waals surface area contributed by atoms with E-state index < -0.39 is 0 Å². The van der Waals surface area contributed by atoms with Gasteiger partial charge in [0.05, 0.1) is 0 Å². The average Bonchev–Trinajstić information content (AvgIpc) is 3.17. The van der Waals surface area contributed by atoms with Crippen LogP contribution in [-0.2, 0) is 0 Å². The number of hydrogen-bond acceptors (Lipinski definition) is 6. The summed E-state index contributed by atoms with van der Waals surface area (Å²) in [6, 6.07) is 10.3. The molecule has 0 radical (unpaired) electrons. The fourth-order valence-corrected chi connectivity index (χ4v) is 3.61. The Morgan fingerprint density at radius 1 is 1.04 bits per heavy atom. The molecule has 2 fully saturated rings. The third kappa shape index (κ3) is 2.68. The van der Waals surface area contributed by atoms with Gasteiger partial charge in [-0.25, -0.2) is 0 Å². The molecule has 4 rings (SSSR count). The summed E-state index contributed by atoms with van der Waals surface area (Å²) in [4.78, 5) is 15.3. The molecule has 0 atom stereocenters. The van der Waals surface area contributed by atoms with Crippen LogP contribution in [-0.4, -0.2) is 27.0 Å². The number of nitriles is 1. The maximum absolute atomic E-state index is 9.21. The van der Waals surface area contributed by atoms with Crippen molar-refractivity contribution in [1.29, 1.82) is 5.26 Å². The Hall–Kier alpha value is -2.39. The summed E-state index contributed by atoms with van der Waals surface area (Å²) in [6.45, 7) is 0. The van der Waals surface area contributed by atoms with Gasteiger partial charge in [0, 0.05) is 22.8 Å². The molecule has 23 heavy (non-hydrogen) atoms. The van der Waals surface area contributed by atoms with Crippen LogP contribution in [0.2, 0.25) is 5.02 Å². The van der Waals surface area contributed by atoms with Gasteiger partial charge in [0.15, 0.2) is 0 Å². The van der Waals surface area contributed by atoms with E-state index >= 15 is 0 Å². The van der Waals surface area contributed by atoms with Gasteiger partial charge in [-0.3, -0.25) is 0 Å². The summed E-state index contributed by atoms with van der Waals surface area (Å²) in [5.41, 5.74) is 0.819. The van der Waals surface area contributed by atoms with E-state index in [1.54, 1.807) is 12.1 Å². The summed E-state index contributed by atoms with van der Waals surface area (Å²) in [5.74, 6) is 1.14. The van der Waals surface area contributed by atoms with Crippen LogP contribution in [0.1, 0.15) is 31.5 Å². The van der Waals surface area contributed by atoms with E-state index in [4.69, 9.17) is 11.6 Å². The van der Waals surface area contributed by atoms with Crippen molar-refractivity contribution in [3.63, 3.8) is 0 Å². The third-order valence-corrected chi connectivity index (χ3v) is 4.76. The van der Waals surface area contributed by atoms with E-state index in [0.29, 0.717) is 29.0 Å². The van der Waals surface area contributed by atoms with Crippen molar-refractivity contribution in [2.45, 2.75) is 37.8 Å². The molecule has 0 saturated carbocycles. The highest BCUT2D eigenvalue weighted by atomic mass is 35.5. The minimum Gasteiger partial charge on any atom is -0.335 e. The van der Waals surface area contributed by atoms with Crippen molar-refractivity contribution in [2.24, 2.45) is 0 Å². The van der Waals surface area contributed by atoms with E-state index in [1.165, 1.54) is 25.7 Å². The zero-order chi connectivity index (χ0) is 15.8. The summed E-state index contributed by atoms with van der Waals surface area (Å²) < 4.78 is 0. The molecule has 7 heteroatoms. The second-order valence-electron chi connectivity index (χ2n) is 5.90. The van der Waals surface area contributed by atoms with Crippen LogP contribution in [0.15, 0.2) is 24.3 Å². The number of nitrogens with one attached hydrogen (secondary N) is 1. The van der Waals surface area contributed by atoms with E-state index in [9.17, 15) is 5.26 Å². The van der Waals surface area contributed by atoms with Gasteiger partial charge in [-0.1, -0.05) is 11.6 Å². The van der Waals surface area contributed by atoms with Crippen LogP contribution >= 0.6 is 11.6 Å². The molecule has 0 aliphatic carbocycles. The van der Waals surface area contributed by atoms with Crippen molar-refractivity contribution in [1.82, 2.24) is 15.0 Å². The van der Waals surface area contributed by atoms with Crippen LogP contribution in [0.4, 0.5) is 17.6 Å². The number of fused-ring (bicyclic) bond motifs is 2. The van der Waals surface area contributed by atoms with E-state index in [1.807, 2.05) is 18.2 Å². The Morgan fingerprint density at radius 2 is 1.70 bits per heavy atom. The lowest BCUT2D eigenvalue weighted by atomic mass is 10.0. The molecule has 1 aromatic carbocycles. The summed E-state index contributed by atoms with van der Waals surface area (Å²) >= 11 is 5.89. The molecule has 0 spiro atoms. The van der Waals surface area contributed by atoms with Crippen LogP contribution in [0.5, 0.6) is 0 Å². The molecule has 3 heterocycles. The van der Waals surface area contributed by atoms with E-state index in [2.05, 4.69) is 25.2 Å². The maximum atomic E-state index is 9.21. The van der Waals surface area contributed by atoms with Crippen molar-refractivity contribution < 1.29 is 0 Å². The molecular weight excluding hydrogens is 312 g/mol. The standard InChI is InChI=1S/C16H15ClN6/c17-10-1-3-11(4-2-10)19-15-20-14(9-18)21-16(22-15)23-12-5-6-13(23)8-7-12/h1-4,12-13H,5-8H2,(H,19,20,21,22). The van der Waals surface area contributed by atoms with Crippen LogP contribution in [0, 0.1) is 11.3 Å². The largest absolute Gasteiger partial charge is 0.335 e. The van der Waals surface area contributed by atoms with Gasteiger partial charge in [0.1, 0.15) is 6.07 Å². The summed E-state index contributed by atoms with van der Waals surface area (Å²) in [7, 11) is 0. The molecule has 2 aliphatic rings. The SMILES string of the molecule is N#Cc1nc(Nc2ccc(Cl)cc2)nc(N2C3CCC2CC3)n1. The zero-order valence-electron chi connectivity index (χ0n) is 12.4. The second-order valence-corrected chi connectivity index (χ2v) is 6.33. The molecule has 2 aliphatic heterocycles. The average molecular weight is 327 g/mol. The molecule has 116 valence electrons. The highest BCUT2D eigenvalue weighted by Crippen LogP contribution is 2.39. The molecule has 1 N–H and O–H groups in total. The molecule has 0 amide bonds. The first-order valence-electron chi connectivity index (χ1n) is 7.70. The van der Waals surface area contributed by atoms with Crippen molar-refractivity contribution in [3.05, 3.63) is 35.1 Å². The smallest absolute Gasteiger partial charge is 0.238 e. The molecule has 2 aromatic rings. The fourth-order valence-electron chi connectivity index (χ4n) is 3.49. The van der Waals surface area contributed by atoms with Crippen molar-refractivity contribution >= 4 is 29.2 Å². The predicted molar refractivity (Wildman–Crippen MR) is 87.8 cm³/mol. The topological polar surface area (TPSA) is 77.7 Å². The number of hydrogen-bond donors (Lipinski definition) is 1. The fraction of sp³-hybridized carbons (Fsp3) is 0.375. The van der Waals surface area contributed by atoms with Gasteiger partial charge in [-0.05, 0) is 49.9 Å². The normalized spacial score (nSPS) is 22.2. The lowest BCUT2D eigenvalue weighted by Crippen LogP contribution is -2.30. The number of anilines is 3. The number of rotatable bonds is 3. The first-order chi connectivity index (χ1) is 11.2. The lowest BCUT2D eigenvalue weighted by Gasteiger charge is -2.22. The number of halogens is 1. The first-order valence-corrected chi connectivity index (χ1v) is 8.08.